The Balaban J connectivity index is 2.09. The lowest BCUT2D eigenvalue weighted by molar-refractivity contribution is 0.128. The summed E-state index contributed by atoms with van der Waals surface area (Å²) in [5.74, 6) is 1.13. The first kappa shape index (κ1) is 12.8. The van der Waals surface area contributed by atoms with Crippen LogP contribution in [0.5, 0.6) is 0 Å². The van der Waals surface area contributed by atoms with Crippen molar-refractivity contribution in [3.05, 3.63) is 23.8 Å². The van der Waals surface area contributed by atoms with Crippen LogP contribution < -0.4 is 4.90 Å². The summed E-state index contributed by atoms with van der Waals surface area (Å²) in [6.07, 6.45) is 3.22. The molecule has 0 atom stereocenters. The molecule has 0 aliphatic carbocycles. The molecule has 2 rings (SSSR count). The monoisotopic (exact) mass is 245 g/mol. The molecule has 0 radical (unpaired) electrons. The van der Waals surface area contributed by atoms with Gasteiger partial charge in [-0.15, -0.1) is 4.98 Å². The van der Waals surface area contributed by atoms with Crippen molar-refractivity contribution in [2.45, 2.75) is 26.3 Å². The molecule has 0 saturated carbocycles. The summed E-state index contributed by atoms with van der Waals surface area (Å²) in [6, 6.07) is 0. The highest BCUT2D eigenvalue weighted by Crippen LogP contribution is 2.25. The largest absolute Gasteiger partial charge is 0.361 e. The van der Waals surface area contributed by atoms with E-state index in [2.05, 4.69) is 45.4 Å². The standard InChI is InChI=1S/C13H19N5/c1-13(2,3)18-9-7-17(8-10-18)12-11(14-4)15-5-6-16-12/h5-6H,7-10H2,1-3H3. The molecule has 1 aromatic rings. The first-order valence-corrected chi connectivity index (χ1v) is 6.21. The molecule has 5 heteroatoms. The average molecular weight is 245 g/mol. The van der Waals surface area contributed by atoms with E-state index in [1.807, 2.05) is 0 Å². The number of rotatable bonds is 1. The number of aromatic nitrogens is 2. The zero-order valence-electron chi connectivity index (χ0n) is 11.2. The Kier molecular flexibility index (Phi) is 3.48. The molecule has 1 aliphatic rings. The van der Waals surface area contributed by atoms with Crippen molar-refractivity contribution in [3.8, 4) is 0 Å². The number of hydrogen-bond acceptors (Lipinski definition) is 4. The number of piperazine rings is 1. The second-order valence-electron chi connectivity index (χ2n) is 5.46. The van der Waals surface area contributed by atoms with Crippen molar-refractivity contribution in [3.63, 3.8) is 0 Å². The molecule has 0 bridgehead atoms. The van der Waals surface area contributed by atoms with Gasteiger partial charge in [0.1, 0.15) is 6.20 Å². The zero-order valence-corrected chi connectivity index (χ0v) is 11.2. The third-order valence-corrected chi connectivity index (χ3v) is 3.29. The molecule has 2 heterocycles. The van der Waals surface area contributed by atoms with Gasteiger partial charge in [0.05, 0.1) is 6.20 Å². The predicted molar refractivity (Wildman–Crippen MR) is 71.8 cm³/mol. The Hall–Kier alpha value is -1.67. The van der Waals surface area contributed by atoms with E-state index >= 15 is 0 Å². The first-order chi connectivity index (χ1) is 8.52. The van der Waals surface area contributed by atoms with Gasteiger partial charge in [0.25, 0.3) is 0 Å². The van der Waals surface area contributed by atoms with E-state index in [1.165, 1.54) is 0 Å². The van der Waals surface area contributed by atoms with Crippen LogP contribution in [-0.4, -0.2) is 46.6 Å². The SMILES string of the molecule is [C-]#[N+]c1nccnc1N1CCN(C(C)(C)C)CC1. The average Bonchev–Trinajstić information content (AvgIpc) is 2.38. The summed E-state index contributed by atoms with van der Waals surface area (Å²) in [5, 5.41) is 0. The highest BCUT2D eigenvalue weighted by molar-refractivity contribution is 5.61. The van der Waals surface area contributed by atoms with Gasteiger partial charge in [-0.3, -0.25) is 4.90 Å². The van der Waals surface area contributed by atoms with Gasteiger partial charge in [-0.05, 0) is 20.8 Å². The van der Waals surface area contributed by atoms with Crippen molar-refractivity contribution in [1.82, 2.24) is 14.9 Å². The van der Waals surface area contributed by atoms with Crippen LogP contribution in [0.1, 0.15) is 20.8 Å². The van der Waals surface area contributed by atoms with Crippen LogP contribution in [0.4, 0.5) is 11.6 Å². The van der Waals surface area contributed by atoms with Crippen LogP contribution in [0.25, 0.3) is 4.85 Å². The molecule has 0 unspecified atom stereocenters. The topological polar surface area (TPSA) is 36.6 Å². The quantitative estimate of drug-likeness (QED) is 0.709. The van der Waals surface area contributed by atoms with Crippen LogP contribution in [0.2, 0.25) is 0 Å². The Labute approximate surface area is 108 Å². The minimum absolute atomic E-state index is 0.205. The maximum atomic E-state index is 7.13. The van der Waals surface area contributed by atoms with E-state index in [0.29, 0.717) is 5.82 Å². The van der Waals surface area contributed by atoms with E-state index in [9.17, 15) is 0 Å². The molecule has 0 aromatic carbocycles. The van der Waals surface area contributed by atoms with Gasteiger partial charge in [0, 0.05) is 31.7 Å². The Morgan fingerprint density at radius 2 is 1.72 bits per heavy atom. The van der Waals surface area contributed by atoms with E-state index in [-0.39, 0.29) is 5.54 Å². The van der Waals surface area contributed by atoms with Gasteiger partial charge in [-0.25, -0.2) is 4.98 Å². The van der Waals surface area contributed by atoms with Crippen molar-refractivity contribution in [2.75, 3.05) is 31.1 Å². The highest BCUT2D eigenvalue weighted by Gasteiger charge is 2.27. The van der Waals surface area contributed by atoms with E-state index < -0.39 is 0 Å². The minimum Gasteiger partial charge on any atom is -0.361 e. The molecular formula is C13H19N5. The minimum atomic E-state index is 0.205. The van der Waals surface area contributed by atoms with Gasteiger partial charge in [-0.1, -0.05) is 6.57 Å². The Morgan fingerprint density at radius 3 is 2.28 bits per heavy atom. The maximum Gasteiger partial charge on any atom is 0.312 e. The number of nitrogens with zero attached hydrogens (tertiary/aromatic N) is 5. The molecule has 18 heavy (non-hydrogen) atoms. The number of anilines is 1. The van der Waals surface area contributed by atoms with Crippen molar-refractivity contribution < 1.29 is 0 Å². The van der Waals surface area contributed by atoms with E-state index in [0.717, 1.165) is 32.0 Å². The predicted octanol–water partition coefficient (Wildman–Crippen LogP) is 1.95. The maximum absolute atomic E-state index is 7.13. The van der Waals surface area contributed by atoms with Gasteiger partial charge in [0.2, 0.25) is 0 Å². The molecule has 1 saturated heterocycles. The molecule has 0 N–H and O–H groups in total. The van der Waals surface area contributed by atoms with Crippen molar-refractivity contribution in [2.24, 2.45) is 0 Å². The molecular weight excluding hydrogens is 226 g/mol. The summed E-state index contributed by atoms with van der Waals surface area (Å²) >= 11 is 0. The normalized spacial score (nSPS) is 17.6. The molecule has 0 amide bonds. The second kappa shape index (κ2) is 4.91. The lowest BCUT2D eigenvalue weighted by Crippen LogP contribution is -2.53. The van der Waals surface area contributed by atoms with Crippen LogP contribution in [-0.2, 0) is 0 Å². The van der Waals surface area contributed by atoms with E-state index in [1.54, 1.807) is 12.4 Å². The van der Waals surface area contributed by atoms with Gasteiger partial charge >= 0.3 is 5.82 Å². The fraction of sp³-hybridized carbons (Fsp3) is 0.615. The fourth-order valence-electron chi connectivity index (χ4n) is 2.21. The molecule has 1 aliphatic heterocycles. The van der Waals surface area contributed by atoms with Gasteiger partial charge in [0.15, 0.2) is 5.82 Å². The Bertz CT molecular complexity index is 449. The lowest BCUT2D eigenvalue weighted by Gasteiger charge is -2.42. The number of hydrogen-bond donors (Lipinski definition) is 0. The lowest BCUT2D eigenvalue weighted by atomic mass is 10.1. The van der Waals surface area contributed by atoms with Crippen LogP contribution in [0, 0.1) is 6.57 Å². The highest BCUT2D eigenvalue weighted by atomic mass is 15.3. The van der Waals surface area contributed by atoms with Gasteiger partial charge in [-0.2, -0.15) is 0 Å². The fourth-order valence-corrected chi connectivity index (χ4v) is 2.21. The Morgan fingerprint density at radius 1 is 1.11 bits per heavy atom. The summed E-state index contributed by atoms with van der Waals surface area (Å²) < 4.78 is 0. The molecule has 0 spiro atoms. The zero-order chi connectivity index (χ0) is 13.2. The third kappa shape index (κ3) is 2.59. The first-order valence-electron chi connectivity index (χ1n) is 6.21. The molecule has 1 aromatic heterocycles. The van der Waals surface area contributed by atoms with E-state index in [4.69, 9.17) is 6.57 Å². The third-order valence-electron chi connectivity index (χ3n) is 3.29. The van der Waals surface area contributed by atoms with Crippen LogP contribution >= 0.6 is 0 Å². The van der Waals surface area contributed by atoms with Crippen molar-refractivity contribution in [1.29, 1.82) is 0 Å². The molecule has 1 fully saturated rings. The van der Waals surface area contributed by atoms with Crippen LogP contribution in [0.3, 0.4) is 0 Å². The summed E-state index contributed by atoms with van der Waals surface area (Å²) in [7, 11) is 0. The van der Waals surface area contributed by atoms with Gasteiger partial charge < -0.3 is 9.74 Å². The summed E-state index contributed by atoms with van der Waals surface area (Å²) in [6.45, 7) is 17.6. The summed E-state index contributed by atoms with van der Waals surface area (Å²) in [4.78, 5) is 16.4. The summed E-state index contributed by atoms with van der Waals surface area (Å²) in [5.41, 5.74) is 0.205. The van der Waals surface area contributed by atoms with Crippen LogP contribution in [0.15, 0.2) is 12.4 Å². The van der Waals surface area contributed by atoms with Crippen molar-refractivity contribution >= 4 is 11.6 Å². The molecule has 5 nitrogen and oxygen atoms in total. The molecule has 96 valence electrons. The smallest absolute Gasteiger partial charge is 0.312 e. The second-order valence-corrected chi connectivity index (χ2v) is 5.46.